The molecule has 148 valence electrons. The summed E-state index contributed by atoms with van der Waals surface area (Å²) in [6.07, 6.45) is 0.563. The van der Waals surface area contributed by atoms with Gasteiger partial charge in [0, 0.05) is 22.0 Å². The fourth-order valence-corrected chi connectivity index (χ4v) is 4.87. The van der Waals surface area contributed by atoms with Crippen LogP contribution in [0.3, 0.4) is 0 Å². The summed E-state index contributed by atoms with van der Waals surface area (Å²) in [6.45, 7) is 0. The summed E-state index contributed by atoms with van der Waals surface area (Å²) >= 11 is 14.9. The Morgan fingerprint density at radius 1 is 1.17 bits per heavy atom. The van der Waals surface area contributed by atoms with Gasteiger partial charge >= 0.3 is 0 Å². The van der Waals surface area contributed by atoms with Crippen molar-refractivity contribution in [3.05, 3.63) is 69.7 Å². The minimum Gasteiger partial charge on any atom is -0.374 e. The van der Waals surface area contributed by atoms with Gasteiger partial charge in [-0.05, 0) is 23.8 Å². The highest BCUT2D eigenvalue weighted by Crippen LogP contribution is 2.35. The number of rotatable bonds is 5. The van der Waals surface area contributed by atoms with Gasteiger partial charge in [-0.1, -0.05) is 76.6 Å². The summed E-state index contributed by atoms with van der Waals surface area (Å²) in [5, 5.41) is 15.5. The maximum Gasteiger partial charge on any atom is 0.253 e. The van der Waals surface area contributed by atoms with Crippen LogP contribution in [0.5, 0.6) is 0 Å². The third-order valence-corrected chi connectivity index (χ3v) is 6.80. The normalized spacial score (nSPS) is 16.1. The van der Waals surface area contributed by atoms with E-state index >= 15 is 0 Å². The van der Waals surface area contributed by atoms with Crippen molar-refractivity contribution in [3.63, 3.8) is 0 Å². The van der Waals surface area contributed by atoms with Crippen LogP contribution >= 0.6 is 46.3 Å². The van der Waals surface area contributed by atoms with Crippen molar-refractivity contribution in [2.45, 2.75) is 16.8 Å². The molecule has 29 heavy (non-hydrogen) atoms. The Bertz CT molecular complexity index is 1070. The molecule has 3 aromatic rings. The number of carbonyl (C=O) groups excluding carboxylic acids is 1. The Hall–Kier alpha value is -2.13. The molecule has 0 bridgehead atoms. The monoisotopic (exact) mass is 463 g/mol. The zero-order chi connectivity index (χ0) is 20.4. The molecule has 2 N–H and O–H groups in total. The molecule has 2 heterocycles. The zero-order valence-electron chi connectivity index (χ0n) is 15.0. The van der Waals surface area contributed by atoms with Crippen molar-refractivity contribution in [3.8, 4) is 0 Å². The molecule has 1 aliphatic rings. The van der Waals surface area contributed by atoms with E-state index in [9.17, 15) is 4.79 Å². The Kier molecular flexibility index (Phi) is 6.05. The van der Waals surface area contributed by atoms with Crippen LogP contribution in [0.15, 0.2) is 58.0 Å². The molecule has 2 aromatic carbocycles. The minimum atomic E-state index is -0.230. The van der Waals surface area contributed by atoms with E-state index in [-0.39, 0.29) is 17.7 Å². The number of benzene rings is 2. The maximum absolute atomic E-state index is 13.0. The predicted octanol–water partition coefficient (Wildman–Crippen LogP) is 4.90. The second-order valence-electron chi connectivity index (χ2n) is 6.23. The van der Waals surface area contributed by atoms with Gasteiger partial charge in [0.2, 0.25) is 5.13 Å². The van der Waals surface area contributed by atoms with Gasteiger partial charge in [0.1, 0.15) is 0 Å². The highest BCUT2D eigenvalue weighted by molar-refractivity contribution is 8.01. The SMILES string of the molecule is Nc1nnc(SCC(=O)N2N=C(c3ccccc3Cl)CC2c2ccc(Cl)cc2)s1. The van der Waals surface area contributed by atoms with E-state index in [2.05, 4.69) is 15.3 Å². The number of hydrogen-bond acceptors (Lipinski definition) is 7. The van der Waals surface area contributed by atoms with Crippen LogP contribution in [0.25, 0.3) is 0 Å². The first-order valence-corrected chi connectivity index (χ1v) is 11.2. The van der Waals surface area contributed by atoms with E-state index in [1.165, 1.54) is 28.1 Å². The van der Waals surface area contributed by atoms with E-state index < -0.39 is 0 Å². The van der Waals surface area contributed by atoms with Crippen molar-refractivity contribution in [2.24, 2.45) is 5.10 Å². The number of halogens is 2. The molecule has 6 nitrogen and oxygen atoms in total. The molecular formula is C19H15Cl2N5OS2. The van der Waals surface area contributed by atoms with Crippen LogP contribution in [-0.2, 0) is 4.79 Å². The average molecular weight is 464 g/mol. The Labute approximate surface area is 185 Å². The van der Waals surface area contributed by atoms with Gasteiger partial charge in [-0.25, -0.2) is 5.01 Å². The largest absolute Gasteiger partial charge is 0.374 e. The first-order chi connectivity index (χ1) is 14.0. The molecule has 1 unspecified atom stereocenters. The number of hydrazone groups is 1. The van der Waals surface area contributed by atoms with E-state index in [0.29, 0.717) is 25.9 Å². The highest BCUT2D eigenvalue weighted by atomic mass is 35.5. The van der Waals surface area contributed by atoms with Crippen LogP contribution in [0, 0.1) is 0 Å². The molecule has 0 aliphatic carbocycles. The average Bonchev–Trinajstić information content (AvgIpc) is 3.34. The van der Waals surface area contributed by atoms with Gasteiger partial charge in [-0.2, -0.15) is 5.10 Å². The van der Waals surface area contributed by atoms with Gasteiger partial charge in [0.05, 0.1) is 17.5 Å². The van der Waals surface area contributed by atoms with Crippen LogP contribution in [-0.4, -0.2) is 32.6 Å². The predicted molar refractivity (Wildman–Crippen MR) is 119 cm³/mol. The summed E-state index contributed by atoms with van der Waals surface area (Å²) in [5.74, 6) is 0.0451. The van der Waals surface area contributed by atoms with Crippen LogP contribution in [0.4, 0.5) is 5.13 Å². The van der Waals surface area contributed by atoms with Crippen LogP contribution < -0.4 is 5.73 Å². The summed E-state index contributed by atoms with van der Waals surface area (Å²) < 4.78 is 0.647. The Morgan fingerprint density at radius 3 is 2.62 bits per heavy atom. The molecule has 1 atom stereocenters. The number of thioether (sulfide) groups is 1. The third-order valence-electron chi connectivity index (χ3n) is 4.35. The molecule has 1 aliphatic heterocycles. The van der Waals surface area contributed by atoms with Gasteiger partial charge in [0.25, 0.3) is 5.91 Å². The molecule has 1 amide bonds. The van der Waals surface area contributed by atoms with Gasteiger partial charge in [-0.15, -0.1) is 10.2 Å². The Morgan fingerprint density at radius 2 is 1.93 bits per heavy atom. The number of nitrogens with two attached hydrogens (primary N) is 1. The van der Waals surface area contributed by atoms with Crippen molar-refractivity contribution >= 4 is 63.1 Å². The van der Waals surface area contributed by atoms with E-state index in [0.717, 1.165) is 16.8 Å². The van der Waals surface area contributed by atoms with Crippen molar-refractivity contribution in [1.29, 1.82) is 0 Å². The number of hydrogen-bond donors (Lipinski definition) is 1. The van der Waals surface area contributed by atoms with Gasteiger partial charge < -0.3 is 5.73 Å². The fourth-order valence-electron chi connectivity index (χ4n) is 3.01. The number of aromatic nitrogens is 2. The summed E-state index contributed by atoms with van der Waals surface area (Å²) in [4.78, 5) is 13.0. The molecule has 4 rings (SSSR count). The first-order valence-electron chi connectivity index (χ1n) is 8.63. The molecular weight excluding hydrogens is 449 g/mol. The topological polar surface area (TPSA) is 84.5 Å². The molecule has 1 aromatic heterocycles. The lowest BCUT2D eigenvalue weighted by Gasteiger charge is -2.21. The minimum absolute atomic E-state index is 0.134. The molecule has 0 radical (unpaired) electrons. The number of nitrogens with zero attached hydrogens (tertiary/aromatic N) is 4. The summed E-state index contributed by atoms with van der Waals surface area (Å²) in [6, 6.07) is 14.7. The maximum atomic E-state index is 13.0. The molecule has 0 saturated heterocycles. The summed E-state index contributed by atoms with van der Waals surface area (Å²) in [5.41, 5.74) is 8.16. The van der Waals surface area contributed by atoms with Gasteiger partial charge in [-0.3, -0.25) is 4.79 Å². The lowest BCUT2D eigenvalue weighted by molar-refractivity contribution is -0.130. The second-order valence-corrected chi connectivity index (χ2v) is 9.31. The van der Waals surface area contributed by atoms with E-state index in [1.54, 1.807) is 0 Å². The van der Waals surface area contributed by atoms with Crippen molar-refractivity contribution in [2.75, 3.05) is 11.5 Å². The molecule has 0 fully saturated rings. The number of anilines is 1. The standard InChI is InChI=1S/C19H15Cl2N5OS2/c20-12-7-5-11(6-8-12)16-9-15(13-3-1-2-4-14(13)21)25-26(16)17(27)10-28-19-24-23-18(22)29-19/h1-8,16H,9-10H2,(H2,22,23). The molecule has 10 heteroatoms. The van der Waals surface area contributed by atoms with Crippen molar-refractivity contribution < 1.29 is 4.79 Å². The van der Waals surface area contributed by atoms with E-state index in [4.69, 9.17) is 28.9 Å². The second kappa shape index (κ2) is 8.71. The summed E-state index contributed by atoms with van der Waals surface area (Å²) in [7, 11) is 0. The first kappa shape index (κ1) is 20.2. The fraction of sp³-hybridized carbons (Fsp3) is 0.158. The van der Waals surface area contributed by atoms with Crippen LogP contribution in [0.2, 0.25) is 10.0 Å². The third kappa shape index (κ3) is 4.56. The van der Waals surface area contributed by atoms with E-state index in [1.807, 2.05) is 48.5 Å². The van der Waals surface area contributed by atoms with Gasteiger partial charge in [0.15, 0.2) is 4.34 Å². The lowest BCUT2D eigenvalue weighted by Crippen LogP contribution is -2.28. The Balaban J connectivity index is 1.60. The number of nitrogen functional groups attached to an aromatic ring is 1. The van der Waals surface area contributed by atoms with Crippen molar-refractivity contribution in [1.82, 2.24) is 15.2 Å². The van der Waals surface area contributed by atoms with Crippen LogP contribution in [0.1, 0.15) is 23.6 Å². The quantitative estimate of drug-likeness (QED) is 0.543. The number of amides is 1. The molecule has 0 saturated carbocycles. The smallest absolute Gasteiger partial charge is 0.253 e. The zero-order valence-corrected chi connectivity index (χ0v) is 18.1. The number of carbonyl (C=O) groups is 1. The highest BCUT2D eigenvalue weighted by Gasteiger charge is 2.33. The molecule has 0 spiro atoms. The lowest BCUT2D eigenvalue weighted by atomic mass is 9.98.